The minimum atomic E-state index is -0.00189. The highest BCUT2D eigenvalue weighted by Gasteiger charge is 2.31. The van der Waals surface area contributed by atoms with Gasteiger partial charge in [-0.25, -0.2) is 4.98 Å². The third kappa shape index (κ3) is 2.75. The number of anilines is 1. The summed E-state index contributed by atoms with van der Waals surface area (Å²) in [6, 6.07) is 3.38. The average Bonchev–Trinajstić information content (AvgIpc) is 2.68. The zero-order valence-corrected chi connectivity index (χ0v) is 11.6. The van der Waals surface area contributed by atoms with Gasteiger partial charge in [0, 0.05) is 24.4 Å². The van der Waals surface area contributed by atoms with Gasteiger partial charge in [-0.1, -0.05) is 16.7 Å². The second-order valence-electron chi connectivity index (χ2n) is 3.93. The number of halogens is 2. The molecule has 0 saturated carbocycles. The Bertz CT molecular complexity index is 531. The second kappa shape index (κ2) is 5.56. The molecule has 1 aliphatic heterocycles. The number of carbonyl (C=O) groups excluding carboxylic acids is 1. The Morgan fingerprint density at radius 3 is 3.11 bits per heavy atom. The molecule has 1 amide bonds. The summed E-state index contributed by atoms with van der Waals surface area (Å²) in [7, 11) is 0. The van der Waals surface area contributed by atoms with Crippen molar-refractivity contribution < 1.29 is 4.79 Å². The van der Waals surface area contributed by atoms with Crippen LogP contribution in [0.4, 0.5) is 5.69 Å². The van der Waals surface area contributed by atoms with Gasteiger partial charge in [0.15, 0.2) is 0 Å². The van der Waals surface area contributed by atoms with E-state index >= 15 is 0 Å². The highest BCUT2D eigenvalue weighted by atomic mass is 79.9. The number of carbonyl (C=O) groups is 1. The Hall–Kier alpha value is -1.30. The topological polar surface area (TPSA) is 82.0 Å². The minimum Gasteiger partial charge on any atom is -0.310 e. The number of hydrogen-bond donors (Lipinski definition) is 0. The molecule has 18 heavy (non-hydrogen) atoms. The number of pyridine rings is 1. The van der Waals surface area contributed by atoms with Gasteiger partial charge in [0.25, 0.3) is 0 Å². The third-order valence-corrected chi connectivity index (χ3v) is 3.49. The van der Waals surface area contributed by atoms with Gasteiger partial charge in [-0.05, 0) is 39.5 Å². The summed E-state index contributed by atoms with van der Waals surface area (Å²) < 4.78 is 0.535. The second-order valence-corrected chi connectivity index (χ2v) is 5.07. The SMILES string of the molecule is [N-]=[N+]=NCC1CC(=O)N(c2ccc(Cl)nc2Br)C1. The first kappa shape index (κ1) is 13.1. The largest absolute Gasteiger partial charge is 0.310 e. The van der Waals surface area contributed by atoms with Gasteiger partial charge in [0.2, 0.25) is 5.91 Å². The summed E-state index contributed by atoms with van der Waals surface area (Å²) in [5.41, 5.74) is 8.97. The van der Waals surface area contributed by atoms with Crippen LogP contribution in [0.1, 0.15) is 6.42 Å². The average molecular weight is 331 g/mol. The van der Waals surface area contributed by atoms with E-state index in [9.17, 15) is 4.79 Å². The first-order valence-electron chi connectivity index (χ1n) is 5.25. The van der Waals surface area contributed by atoms with Crippen molar-refractivity contribution in [2.75, 3.05) is 18.0 Å². The molecule has 6 nitrogen and oxygen atoms in total. The molecule has 2 rings (SSSR count). The molecule has 0 bridgehead atoms. The fraction of sp³-hybridized carbons (Fsp3) is 0.400. The lowest BCUT2D eigenvalue weighted by molar-refractivity contribution is -0.117. The standard InChI is InChI=1S/C10H9BrClN5O/c11-10-7(1-2-8(12)15-10)17-5-6(3-9(17)18)4-14-16-13/h1-2,6H,3-5H2. The molecule has 1 saturated heterocycles. The number of azide groups is 1. The van der Waals surface area contributed by atoms with E-state index in [0.29, 0.717) is 35.0 Å². The molecule has 8 heteroatoms. The third-order valence-electron chi connectivity index (χ3n) is 2.69. The molecule has 0 radical (unpaired) electrons. The highest BCUT2D eigenvalue weighted by molar-refractivity contribution is 9.10. The monoisotopic (exact) mass is 329 g/mol. The fourth-order valence-corrected chi connectivity index (χ4v) is 2.68. The first-order valence-corrected chi connectivity index (χ1v) is 6.42. The Balaban J connectivity index is 2.18. The number of rotatable bonds is 3. The molecule has 0 aromatic carbocycles. The molecule has 1 unspecified atom stereocenters. The summed E-state index contributed by atoms with van der Waals surface area (Å²) in [6.45, 7) is 0.858. The number of nitrogens with zero attached hydrogens (tertiary/aromatic N) is 5. The summed E-state index contributed by atoms with van der Waals surface area (Å²) in [6.07, 6.45) is 0.383. The Morgan fingerprint density at radius 2 is 2.44 bits per heavy atom. The molecule has 94 valence electrons. The van der Waals surface area contributed by atoms with Crippen molar-refractivity contribution in [1.82, 2.24) is 4.98 Å². The predicted octanol–water partition coefficient (Wildman–Crippen LogP) is 3.16. The lowest BCUT2D eigenvalue weighted by Gasteiger charge is -2.17. The summed E-state index contributed by atoms with van der Waals surface area (Å²) in [5, 5.41) is 3.87. The van der Waals surface area contributed by atoms with Crippen LogP contribution in [0.5, 0.6) is 0 Å². The van der Waals surface area contributed by atoms with Crippen LogP contribution in [-0.2, 0) is 4.79 Å². The molecule has 0 spiro atoms. The van der Waals surface area contributed by atoms with E-state index in [1.165, 1.54) is 0 Å². The van der Waals surface area contributed by atoms with Gasteiger partial charge in [-0.15, -0.1) is 0 Å². The van der Waals surface area contributed by atoms with Crippen molar-refractivity contribution in [2.45, 2.75) is 6.42 Å². The van der Waals surface area contributed by atoms with Gasteiger partial charge < -0.3 is 4.90 Å². The highest BCUT2D eigenvalue weighted by Crippen LogP contribution is 2.31. The van der Waals surface area contributed by atoms with Crippen LogP contribution in [0.25, 0.3) is 10.4 Å². The molecule has 0 aliphatic carbocycles. The molecule has 1 aromatic heterocycles. The summed E-state index contributed by atoms with van der Waals surface area (Å²) in [4.78, 5) is 20.3. The number of amides is 1. The summed E-state index contributed by atoms with van der Waals surface area (Å²) in [5.74, 6) is 0.0499. The van der Waals surface area contributed by atoms with Crippen LogP contribution in [0.3, 0.4) is 0 Å². The van der Waals surface area contributed by atoms with E-state index in [1.807, 2.05) is 0 Å². The van der Waals surface area contributed by atoms with Crippen LogP contribution < -0.4 is 4.90 Å². The van der Waals surface area contributed by atoms with Gasteiger partial charge in [0.05, 0.1) is 5.69 Å². The minimum absolute atomic E-state index is 0.00189. The maximum absolute atomic E-state index is 11.9. The molecule has 2 heterocycles. The van der Waals surface area contributed by atoms with Crippen molar-refractivity contribution in [2.24, 2.45) is 11.0 Å². The quantitative estimate of drug-likeness (QED) is 0.369. The molecular weight excluding hydrogens is 322 g/mol. The van der Waals surface area contributed by atoms with Crippen molar-refractivity contribution in [3.63, 3.8) is 0 Å². The van der Waals surface area contributed by atoms with Crippen LogP contribution >= 0.6 is 27.5 Å². The van der Waals surface area contributed by atoms with Crippen LogP contribution in [0.15, 0.2) is 21.9 Å². The van der Waals surface area contributed by atoms with Crippen LogP contribution in [0, 0.1) is 5.92 Å². The smallest absolute Gasteiger partial charge is 0.227 e. The Morgan fingerprint density at radius 1 is 1.67 bits per heavy atom. The van der Waals surface area contributed by atoms with Crippen LogP contribution in [0.2, 0.25) is 5.15 Å². The lowest BCUT2D eigenvalue weighted by Crippen LogP contribution is -2.25. The Kier molecular flexibility index (Phi) is 4.06. The van der Waals surface area contributed by atoms with Gasteiger partial charge in [-0.3, -0.25) is 4.79 Å². The molecular formula is C10H9BrClN5O. The zero-order valence-electron chi connectivity index (χ0n) is 9.25. The molecule has 1 aromatic rings. The number of hydrogen-bond acceptors (Lipinski definition) is 3. The zero-order chi connectivity index (χ0) is 13.1. The van der Waals surface area contributed by atoms with Crippen molar-refractivity contribution in [3.05, 3.63) is 32.3 Å². The molecule has 1 atom stereocenters. The van der Waals surface area contributed by atoms with Gasteiger partial charge in [0.1, 0.15) is 9.76 Å². The molecule has 1 fully saturated rings. The van der Waals surface area contributed by atoms with E-state index in [4.69, 9.17) is 17.1 Å². The van der Waals surface area contributed by atoms with E-state index < -0.39 is 0 Å². The molecule has 1 aliphatic rings. The summed E-state index contributed by atoms with van der Waals surface area (Å²) >= 11 is 9.04. The van der Waals surface area contributed by atoms with Crippen molar-refractivity contribution in [1.29, 1.82) is 0 Å². The lowest BCUT2D eigenvalue weighted by atomic mass is 10.1. The Labute approximate surface area is 117 Å². The van der Waals surface area contributed by atoms with E-state index in [2.05, 4.69) is 30.9 Å². The number of aromatic nitrogens is 1. The maximum atomic E-state index is 11.9. The maximum Gasteiger partial charge on any atom is 0.227 e. The van der Waals surface area contributed by atoms with Crippen LogP contribution in [-0.4, -0.2) is 24.0 Å². The predicted molar refractivity (Wildman–Crippen MR) is 71.4 cm³/mol. The normalized spacial score (nSPS) is 18.9. The van der Waals surface area contributed by atoms with Gasteiger partial charge >= 0.3 is 0 Å². The fourth-order valence-electron chi connectivity index (χ4n) is 1.89. The van der Waals surface area contributed by atoms with E-state index in [1.54, 1.807) is 17.0 Å². The van der Waals surface area contributed by atoms with Crippen molar-refractivity contribution in [3.8, 4) is 0 Å². The van der Waals surface area contributed by atoms with Gasteiger partial charge in [-0.2, -0.15) is 0 Å². The van der Waals surface area contributed by atoms with E-state index in [0.717, 1.165) is 0 Å². The molecule has 0 N–H and O–H groups in total. The van der Waals surface area contributed by atoms with E-state index in [-0.39, 0.29) is 11.8 Å². The van der Waals surface area contributed by atoms with Crippen molar-refractivity contribution >= 4 is 39.1 Å². The first-order chi connectivity index (χ1) is 8.61.